The maximum absolute atomic E-state index is 4.03. The van der Waals surface area contributed by atoms with Crippen LogP contribution < -0.4 is 0 Å². The minimum absolute atomic E-state index is 0.890. The highest BCUT2D eigenvalue weighted by molar-refractivity contribution is 14.2. The Hall–Kier alpha value is 0.160. The van der Waals surface area contributed by atoms with E-state index in [1.165, 1.54) is 0 Å². The van der Waals surface area contributed by atoms with Gasteiger partial charge in [0.1, 0.15) is 5.82 Å². The van der Waals surface area contributed by atoms with Crippen LogP contribution in [0.25, 0.3) is 0 Å². The Morgan fingerprint density at radius 1 is 1.44 bits per heavy atom. The van der Waals surface area contributed by atoms with Crippen LogP contribution in [0.15, 0.2) is 18.5 Å². The lowest BCUT2D eigenvalue weighted by Crippen LogP contribution is -1.87. The highest BCUT2D eigenvalue weighted by Gasteiger charge is 1.89. The van der Waals surface area contributed by atoms with Crippen LogP contribution in [0.4, 0.5) is 0 Å². The second-order valence-corrected chi connectivity index (χ2v) is 3.79. The van der Waals surface area contributed by atoms with Gasteiger partial charge in [0.2, 0.25) is 0 Å². The fraction of sp³-hybridized carbons (Fsp3) is 0.200. The van der Waals surface area contributed by atoms with Crippen molar-refractivity contribution in [3.8, 4) is 0 Å². The van der Waals surface area contributed by atoms with Crippen molar-refractivity contribution in [3.05, 3.63) is 24.3 Å². The van der Waals surface area contributed by atoms with Gasteiger partial charge in [-0.3, -0.25) is 0 Å². The Morgan fingerprint density at radius 2 is 2.11 bits per heavy atom. The van der Waals surface area contributed by atoms with Gasteiger partial charge in [-0.1, -0.05) is 8.93 Å². The van der Waals surface area contributed by atoms with Crippen molar-refractivity contribution in [2.75, 3.05) is 0 Å². The van der Waals surface area contributed by atoms with E-state index in [-0.39, 0.29) is 0 Å². The summed E-state index contributed by atoms with van der Waals surface area (Å²) in [7, 11) is 1.70. The van der Waals surface area contributed by atoms with E-state index < -0.39 is 0 Å². The molecule has 2 nitrogen and oxygen atoms in total. The predicted octanol–water partition coefficient (Wildman–Crippen LogP) is 2.06. The minimum atomic E-state index is 0.890. The standard InChI is InChI=1S/C5H5IN2S/c6-9-4-5-7-2-1-3-8-5/h1-3H,4H2. The molecule has 0 amide bonds. The molecule has 0 bridgehead atoms. The number of nitrogens with zero attached hydrogens (tertiary/aromatic N) is 2. The lowest BCUT2D eigenvalue weighted by molar-refractivity contribution is 1.04. The number of rotatable bonds is 2. The van der Waals surface area contributed by atoms with Crippen molar-refractivity contribution in [2.24, 2.45) is 0 Å². The van der Waals surface area contributed by atoms with Gasteiger partial charge < -0.3 is 0 Å². The van der Waals surface area contributed by atoms with Gasteiger partial charge in [-0.2, -0.15) is 0 Å². The molecule has 0 aliphatic rings. The van der Waals surface area contributed by atoms with Gasteiger partial charge in [0, 0.05) is 12.4 Å². The van der Waals surface area contributed by atoms with E-state index in [2.05, 4.69) is 31.2 Å². The van der Waals surface area contributed by atoms with Crippen LogP contribution >= 0.6 is 30.1 Å². The molecule has 0 spiro atoms. The molecule has 0 aromatic carbocycles. The zero-order valence-corrected chi connectivity index (χ0v) is 7.59. The first kappa shape index (κ1) is 7.27. The monoisotopic (exact) mass is 252 g/mol. The van der Waals surface area contributed by atoms with Crippen LogP contribution in [-0.2, 0) is 5.75 Å². The molecule has 1 rings (SSSR count). The smallest absolute Gasteiger partial charge is 0.138 e. The van der Waals surface area contributed by atoms with Crippen LogP contribution in [0, 0.1) is 0 Å². The Morgan fingerprint density at radius 3 is 2.67 bits per heavy atom. The highest BCUT2D eigenvalue weighted by atomic mass is 127. The topological polar surface area (TPSA) is 25.8 Å². The van der Waals surface area contributed by atoms with E-state index in [9.17, 15) is 0 Å². The average Bonchev–Trinajstić information content (AvgIpc) is 1.91. The van der Waals surface area contributed by atoms with Crippen LogP contribution in [0.3, 0.4) is 0 Å². The molecule has 1 aromatic heterocycles. The number of hydrogen-bond donors (Lipinski definition) is 0. The van der Waals surface area contributed by atoms with Crippen molar-refractivity contribution >= 4 is 30.1 Å². The van der Waals surface area contributed by atoms with E-state index in [1.54, 1.807) is 21.3 Å². The first-order valence-corrected chi connectivity index (χ1v) is 5.96. The maximum atomic E-state index is 4.03. The Balaban J connectivity index is 2.61. The fourth-order valence-corrected chi connectivity index (χ4v) is 1.54. The largest absolute Gasteiger partial charge is 0.240 e. The molecule has 0 saturated carbocycles. The molecule has 1 heterocycles. The molecule has 9 heavy (non-hydrogen) atoms. The first-order chi connectivity index (χ1) is 4.43. The van der Waals surface area contributed by atoms with Crippen LogP contribution in [0.5, 0.6) is 0 Å². The lowest BCUT2D eigenvalue weighted by Gasteiger charge is -1.90. The summed E-state index contributed by atoms with van der Waals surface area (Å²) in [5.74, 6) is 1.79. The van der Waals surface area contributed by atoms with Gasteiger partial charge in [-0.15, -0.1) is 0 Å². The maximum Gasteiger partial charge on any atom is 0.138 e. The molecule has 0 saturated heterocycles. The minimum Gasteiger partial charge on any atom is -0.240 e. The Labute approximate surface area is 70.1 Å². The highest BCUT2D eigenvalue weighted by Crippen LogP contribution is 2.14. The van der Waals surface area contributed by atoms with E-state index in [0.29, 0.717) is 0 Å². The fourth-order valence-electron chi connectivity index (χ4n) is 0.453. The number of hydrogen-bond acceptors (Lipinski definition) is 3. The van der Waals surface area contributed by atoms with Gasteiger partial charge in [0.25, 0.3) is 0 Å². The molecular weight excluding hydrogens is 247 g/mol. The summed E-state index contributed by atoms with van der Waals surface area (Å²) in [6.45, 7) is 0. The van der Waals surface area contributed by atoms with Gasteiger partial charge in [-0.05, 0) is 27.3 Å². The third-order valence-corrected chi connectivity index (χ3v) is 2.10. The summed E-state index contributed by atoms with van der Waals surface area (Å²) in [6, 6.07) is 1.82. The third kappa shape index (κ3) is 2.49. The molecule has 0 atom stereocenters. The molecule has 48 valence electrons. The van der Waals surface area contributed by atoms with E-state index in [0.717, 1.165) is 11.6 Å². The summed E-state index contributed by atoms with van der Waals surface area (Å²) in [6.07, 6.45) is 3.52. The molecule has 1 aromatic rings. The molecule has 4 heteroatoms. The molecule has 0 radical (unpaired) electrons. The zero-order valence-electron chi connectivity index (χ0n) is 4.62. The van der Waals surface area contributed by atoms with E-state index >= 15 is 0 Å². The second kappa shape index (κ2) is 4.05. The van der Waals surface area contributed by atoms with Crippen molar-refractivity contribution in [3.63, 3.8) is 0 Å². The molecule has 0 aliphatic carbocycles. The molecule has 0 unspecified atom stereocenters. The SMILES string of the molecule is ISCc1ncccn1. The van der Waals surface area contributed by atoms with Crippen LogP contribution in [0.2, 0.25) is 0 Å². The Bertz CT molecular complexity index is 168. The first-order valence-electron chi connectivity index (χ1n) is 2.43. The van der Waals surface area contributed by atoms with Crippen LogP contribution in [-0.4, -0.2) is 9.97 Å². The summed E-state index contributed by atoms with van der Waals surface area (Å²) >= 11 is 2.23. The van der Waals surface area contributed by atoms with Gasteiger partial charge in [0.05, 0.1) is 5.75 Å². The molecule has 0 fully saturated rings. The predicted molar refractivity (Wildman–Crippen MR) is 47.3 cm³/mol. The number of aromatic nitrogens is 2. The summed E-state index contributed by atoms with van der Waals surface area (Å²) in [5.41, 5.74) is 0. The normalized spacial score (nSPS) is 9.44. The van der Waals surface area contributed by atoms with Crippen LogP contribution in [0.1, 0.15) is 5.82 Å². The van der Waals surface area contributed by atoms with Gasteiger partial charge >= 0.3 is 0 Å². The molecular formula is C5H5IN2S. The third-order valence-electron chi connectivity index (χ3n) is 0.803. The summed E-state index contributed by atoms with van der Waals surface area (Å²) in [5, 5.41) is 0. The van der Waals surface area contributed by atoms with Crippen molar-refractivity contribution < 1.29 is 0 Å². The summed E-state index contributed by atoms with van der Waals surface area (Å²) < 4.78 is 0. The second-order valence-electron chi connectivity index (χ2n) is 1.42. The molecule has 0 aliphatic heterocycles. The average molecular weight is 252 g/mol. The van der Waals surface area contributed by atoms with Gasteiger partial charge in [0.15, 0.2) is 0 Å². The number of halogens is 1. The quantitative estimate of drug-likeness (QED) is 0.753. The van der Waals surface area contributed by atoms with E-state index in [1.807, 2.05) is 6.07 Å². The van der Waals surface area contributed by atoms with Gasteiger partial charge in [-0.25, -0.2) is 9.97 Å². The summed E-state index contributed by atoms with van der Waals surface area (Å²) in [4.78, 5) is 8.06. The lowest BCUT2D eigenvalue weighted by atomic mass is 10.6. The van der Waals surface area contributed by atoms with Crippen molar-refractivity contribution in [1.82, 2.24) is 9.97 Å². The van der Waals surface area contributed by atoms with E-state index in [4.69, 9.17) is 0 Å². The molecule has 0 N–H and O–H groups in total. The van der Waals surface area contributed by atoms with Crippen molar-refractivity contribution in [2.45, 2.75) is 5.75 Å². The Kier molecular flexibility index (Phi) is 3.27. The zero-order chi connectivity index (χ0) is 6.53. The van der Waals surface area contributed by atoms with Crippen molar-refractivity contribution in [1.29, 1.82) is 0 Å².